The molecular weight excluding hydrogens is 846 g/mol. The highest BCUT2D eigenvalue weighted by atomic mass is 31.2. The van der Waals surface area contributed by atoms with E-state index in [9.17, 15) is 24.2 Å². The zero-order chi connectivity index (χ0) is 48.1. The zero-order valence-electron chi connectivity index (χ0n) is 42.4. The Morgan fingerprint density at radius 2 is 0.864 bits per heavy atom. The Hall–Kier alpha value is -2.55. The summed E-state index contributed by atoms with van der Waals surface area (Å²) < 4.78 is 27.0. The van der Waals surface area contributed by atoms with Gasteiger partial charge in [0.15, 0.2) is 0 Å². The van der Waals surface area contributed by atoms with Crippen LogP contribution >= 0.6 is 7.82 Å². The number of nitrogens with one attached hydrogen (secondary N) is 1. The van der Waals surface area contributed by atoms with Crippen molar-refractivity contribution in [2.75, 3.05) is 26.4 Å². The predicted molar refractivity (Wildman–Crippen MR) is 279 cm³/mol. The standard InChI is InChI=1S/C56H100NO8P/c1-3-5-7-9-11-13-15-17-19-21-23-25-27-28-30-32-34-36-38-40-42-44-46-48-55(59)57-50-51-64-66(61,62)65-53-54(58)52-63-56(60)49-47-45-43-41-39-37-35-33-31-29-26-24-22-20-18-16-14-12-10-8-6-4-2/h5,7,11,13,17,19,23,25,28,30,34,36,54,58H,3-4,6,8-10,12,14-16,18,20-22,24,26-27,29,31-33,35,37-53H2,1-2H3,(H,57,59)(H,61,62)/b7-5-,13-11-,19-17-,25-23-,30-28-,36-34-. The minimum Gasteiger partial charge on any atom is -0.463 e. The van der Waals surface area contributed by atoms with Crippen molar-refractivity contribution in [3.05, 3.63) is 72.9 Å². The summed E-state index contributed by atoms with van der Waals surface area (Å²) in [5.74, 6) is -0.537. The van der Waals surface area contributed by atoms with Crippen LogP contribution in [0.2, 0.25) is 0 Å². The highest BCUT2D eigenvalue weighted by Gasteiger charge is 2.23. The van der Waals surface area contributed by atoms with Crippen LogP contribution in [0, 0.1) is 0 Å². The first-order chi connectivity index (χ1) is 32.3. The Morgan fingerprint density at radius 3 is 1.30 bits per heavy atom. The zero-order valence-corrected chi connectivity index (χ0v) is 43.3. The average molecular weight is 946 g/mol. The number of phosphoric acid groups is 1. The molecule has 0 rings (SSSR count). The second-order valence-corrected chi connectivity index (χ2v) is 19.3. The van der Waals surface area contributed by atoms with Crippen molar-refractivity contribution in [2.24, 2.45) is 0 Å². The van der Waals surface area contributed by atoms with Gasteiger partial charge in [-0.3, -0.25) is 18.6 Å². The smallest absolute Gasteiger partial charge is 0.463 e. The molecule has 0 aliphatic heterocycles. The largest absolute Gasteiger partial charge is 0.472 e. The molecule has 0 saturated carbocycles. The summed E-state index contributed by atoms with van der Waals surface area (Å²) in [7, 11) is -4.44. The lowest BCUT2D eigenvalue weighted by molar-refractivity contribution is -0.147. The molecule has 1 amide bonds. The molecule has 66 heavy (non-hydrogen) atoms. The fourth-order valence-electron chi connectivity index (χ4n) is 7.39. The number of allylic oxidation sites excluding steroid dienone is 12. The van der Waals surface area contributed by atoms with Crippen molar-refractivity contribution in [3.63, 3.8) is 0 Å². The van der Waals surface area contributed by atoms with E-state index in [1.807, 2.05) is 0 Å². The molecule has 0 aromatic heterocycles. The quantitative estimate of drug-likeness (QED) is 0.0238. The van der Waals surface area contributed by atoms with Crippen LogP contribution in [0.25, 0.3) is 0 Å². The van der Waals surface area contributed by atoms with E-state index in [-0.39, 0.29) is 32.1 Å². The van der Waals surface area contributed by atoms with Gasteiger partial charge in [0.2, 0.25) is 5.91 Å². The minimum atomic E-state index is -4.44. The van der Waals surface area contributed by atoms with Crippen LogP contribution in [0.5, 0.6) is 0 Å². The van der Waals surface area contributed by atoms with Gasteiger partial charge < -0.3 is 20.1 Å². The van der Waals surface area contributed by atoms with Gasteiger partial charge in [0.1, 0.15) is 12.7 Å². The Bertz CT molecular complexity index is 1310. The molecule has 0 aliphatic carbocycles. The van der Waals surface area contributed by atoms with Gasteiger partial charge in [-0.25, -0.2) is 4.57 Å². The second-order valence-electron chi connectivity index (χ2n) is 17.8. The number of ether oxygens (including phenoxy) is 1. The van der Waals surface area contributed by atoms with Gasteiger partial charge >= 0.3 is 13.8 Å². The van der Waals surface area contributed by atoms with Gasteiger partial charge in [-0.15, -0.1) is 0 Å². The lowest BCUT2D eigenvalue weighted by atomic mass is 10.0. The number of rotatable bonds is 50. The molecule has 0 heterocycles. The van der Waals surface area contributed by atoms with E-state index >= 15 is 0 Å². The fourth-order valence-corrected chi connectivity index (χ4v) is 8.14. The maximum Gasteiger partial charge on any atom is 0.472 e. The van der Waals surface area contributed by atoms with Gasteiger partial charge in [0, 0.05) is 19.4 Å². The van der Waals surface area contributed by atoms with Gasteiger partial charge in [-0.05, 0) is 64.2 Å². The van der Waals surface area contributed by atoms with Crippen molar-refractivity contribution < 1.29 is 37.9 Å². The molecule has 0 aliphatic rings. The van der Waals surface area contributed by atoms with Crippen LogP contribution in [0.4, 0.5) is 0 Å². The first-order valence-corrected chi connectivity index (χ1v) is 28.4. The Balaban J connectivity index is 3.59. The number of hydrogen-bond donors (Lipinski definition) is 3. The molecule has 0 spiro atoms. The van der Waals surface area contributed by atoms with Crippen LogP contribution in [0.1, 0.15) is 239 Å². The molecule has 0 radical (unpaired) electrons. The van der Waals surface area contributed by atoms with Crippen LogP contribution in [-0.2, 0) is 27.9 Å². The highest BCUT2D eigenvalue weighted by Crippen LogP contribution is 2.42. The Kier molecular flexibility index (Phi) is 49.8. The molecule has 0 aromatic rings. The molecule has 10 heteroatoms. The van der Waals surface area contributed by atoms with Crippen LogP contribution in [0.15, 0.2) is 72.9 Å². The molecule has 3 N–H and O–H groups in total. The highest BCUT2D eigenvalue weighted by molar-refractivity contribution is 7.47. The number of amides is 1. The summed E-state index contributed by atoms with van der Waals surface area (Å²) in [5.41, 5.74) is 0. The average Bonchev–Trinajstić information content (AvgIpc) is 3.31. The van der Waals surface area contributed by atoms with Crippen LogP contribution < -0.4 is 5.32 Å². The third-order valence-corrected chi connectivity index (χ3v) is 12.4. The normalized spacial score (nSPS) is 13.7. The van der Waals surface area contributed by atoms with Crippen LogP contribution in [-0.4, -0.2) is 54.3 Å². The summed E-state index contributed by atoms with van der Waals surface area (Å²) in [6.07, 6.45) is 65.6. The third kappa shape index (κ3) is 52.4. The van der Waals surface area contributed by atoms with E-state index in [1.54, 1.807) is 0 Å². The van der Waals surface area contributed by atoms with Gasteiger partial charge in [0.05, 0.1) is 13.2 Å². The number of esters is 1. The van der Waals surface area contributed by atoms with Crippen molar-refractivity contribution in [1.29, 1.82) is 0 Å². The number of carbonyl (C=O) groups is 2. The monoisotopic (exact) mass is 946 g/mol. The van der Waals surface area contributed by atoms with Crippen molar-refractivity contribution >= 4 is 19.7 Å². The number of phosphoric ester groups is 1. The molecule has 0 aromatic carbocycles. The van der Waals surface area contributed by atoms with E-state index in [1.165, 1.54) is 122 Å². The molecule has 0 bridgehead atoms. The van der Waals surface area contributed by atoms with Crippen molar-refractivity contribution in [1.82, 2.24) is 5.32 Å². The molecule has 2 unspecified atom stereocenters. The Morgan fingerprint density at radius 1 is 0.485 bits per heavy atom. The van der Waals surface area contributed by atoms with E-state index in [2.05, 4.69) is 92.1 Å². The third-order valence-electron chi connectivity index (χ3n) is 11.4. The number of unbranched alkanes of at least 4 members (excludes halogenated alkanes) is 25. The second kappa shape index (κ2) is 51.8. The summed E-state index contributed by atoms with van der Waals surface area (Å²) in [6.45, 7) is 3.44. The number of hydrogen-bond acceptors (Lipinski definition) is 7. The van der Waals surface area contributed by atoms with Crippen molar-refractivity contribution in [3.8, 4) is 0 Å². The van der Waals surface area contributed by atoms with E-state index in [4.69, 9.17) is 13.8 Å². The lowest BCUT2D eigenvalue weighted by Crippen LogP contribution is -2.27. The fraction of sp³-hybridized carbons (Fsp3) is 0.750. The molecular formula is C56H100NO8P. The molecule has 0 saturated heterocycles. The van der Waals surface area contributed by atoms with Gasteiger partial charge in [-0.1, -0.05) is 234 Å². The number of aliphatic hydroxyl groups excluding tert-OH is 1. The van der Waals surface area contributed by atoms with E-state index in [0.29, 0.717) is 6.42 Å². The predicted octanol–water partition coefficient (Wildman–Crippen LogP) is 16.2. The lowest BCUT2D eigenvalue weighted by Gasteiger charge is -2.15. The number of aliphatic hydroxyl groups is 1. The van der Waals surface area contributed by atoms with Crippen molar-refractivity contribution in [2.45, 2.75) is 245 Å². The summed E-state index contributed by atoms with van der Waals surface area (Å²) in [5, 5.41) is 12.8. The van der Waals surface area contributed by atoms with Gasteiger partial charge in [0.25, 0.3) is 0 Å². The topological polar surface area (TPSA) is 131 Å². The maximum atomic E-state index is 12.2. The SMILES string of the molecule is CC/C=C\C/C=C\C/C=C\C/C=C\C/C=C\C/C=C\CCCCCCC(=O)NCCOP(=O)(O)OCC(O)COC(=O)CCCCCCCCCCCCCCCCCCCCCCCC. The molecule has 0 fully saturated rings. The Labute approximate surface area is 405 Å². The molecule has 382 valence electrons. The summed E-state index contributed by atoms with van der Waals surface area (Å²) in [6, 6.07) is 0. The molecule has 2 atom stereocenters. The number of carbonyl (C=O) groups excluding carboxylic acids is 2. The van der Waals surface area contributed by atoms with E-state index in [0.717, 1.165) is 89.9 Å². The minimum absolute atomic E-state index is 0.0646. The first kappa shape index (κ1) is 63.5. The molecule has 9 nitrogen and oxygen atoms in total. The van der Waals surface area contributed by atoms with Gasteiger partial charge in [-0.2, -0.15) is 0 Å². The summed E-state index contributed by atoms with van der Waals surface area (Å²) in [4.78, 5) is 34.1. The van der Waals surface area contributed by atoms with E-state index < -0.39 is 26.5 Å². The maximum absolute atomic E-state index is 12.2. The van der Waals surface area contributed by atoms with Crippen LogP contribution in [0.3, 0.4) is 0 Å². The summed E-state index contributed by atoms with van der Waals surface area (Å²) >= 11 is 0. The first-order valence-electron chi connectivity index (χ1n) is 26.9.